The van der Waals surface area contributed by atoms with E-state index in [1.54, 1.807) is 51.1 Å². The number of hydrogen-bond acceptors (Lipinski definition) is 4. The Morgan fingerprint density at radius 2 is 1.77 bits per heavy atom. The van der Waals surface area contributed by atoms with Gasteiger partial charge in [-0.2, -0.15) is 0 Å². The Balaban J connectivity index is 1.73. The zero-order valence-corrected chi connectivity index (χ0v) is 17.6. The second kappa shape index (κ2) is 9.43. The van der Waals surface area contributed by atoms with Gasteiger partial charge in [-0.05, 0) is 61.7 Å². The molecule has 0 saturated carbocycles. The minimum absolute atomic E-state index is 0.0210. The minimum Gasteiger partial charge on any atom is -0.486 e. The summed E-state index contributed by atoms with van der Waals surface area (Å²) in [5, 5.41) is 2.66. The smallest absolute Gasteiger partial charge is 0.412 e. The number of halogens is 1. The van der Waals surface area contributed by atoms with Crippen LogP contribution < -0.4 is 10.1 Å². The van der Waals surface area contributed by atoms with Gasteiger partial charge in [-0.3, -0.25) is 10.1 Å². The quantitative estimate of drug-likeness (QED) is 0.479. The summed E-state index contributed by atoms with van der Waals surface area (Å²) in [5.41, 5.74) is 1.84. The summed E-state index contributed by atoms with van der Waals surface area (Å²) in [7, 11) is 0. The minimum atomic E-state index is -0.709. The number of anilines is 1. The number of carbonyl (C=O) groups excluding carboxylic acids is 2. The molecule has 0 aliphatic carbocycles. The van der Waals surface area contributed by atoms with Crippen molar-refractivity contribution in [3.05, 3.63) is 83.7 Å². The van der Waals surface area contributed by atoms with E-state index in [0.29, 0.717) is 23.1 Å². The fourth-order valence-electron chi connectivity index (χ4n) is 2.99. The van der Waals surface area contributed by atoms with Crippen molar-refractivity contribution in [1.82, 2.24) is 0 Å². The number of amides is 1. The number of aldehydes is 1. The Kier molecular flexibility index (Phi) is 6.70. The van der Waals surface area contributed by atoms with E-state index in [0.717, 1.165) is 5.56 Å². The lowest BCUT2D eigenvalue weighted by molar-refractivity contribution is 0.0635. The number of benzene rings is 3. The lowest BCUT2D eigenvalue weighted by atomic mass is 9.99. The van der Waals surface area contributed by atoms with Crippen LogP contribution in [-0.4, -0.2) is 18.0 Å². The van der Waals surface area contributed by atoms with E-state index in [1.807, 2.05) is 30.3 Å². The van der Waals surface area contributed by atoms with Crippen molar-refractivity contribution in [2.24, 2.45) is 0 Å². The number of ether oxygens (including phenoxy) is 2. The third kappa shape index (κ3) is 5.92. The van der Waals surface area contributed by atoms with Crippen LogP contribution >= 0.6 is 0 Å². The van der Waals surface area contributed by atoms with Gasteiger partial charge >= 0.3 is 6.09 Å². The number of hydrogen-bond donors (Lipinski definition) is 1. The van der Waals surface area contributed by atoms with Crippen LogP contribution in [0.2, 0.25) is 0 Å². The molecule has 0 aromatic heterocycles. The highest BCUT2D eigenvalue weighted by atomic mass is 19.1. The van der Waals surface area contributed by atoms with Crippen molar-refractivity contribution in [2.45, 2.75) is 33.0 Å². The molecule has 0 aliphatic heterocycles. The highest BCUT2D eigenvalue weighted by molar-refractivity contribution is 5.88. The normalized spacial score (nSPS) is 11.0. The fraction of sp³-hybridized carbons (Fsp3) is 0.200. The molecule has 0 atom stereocenters. The predicted octanol–water partition coefficient (Wildman–Crippen LogP) is 6.23. The molecule has 3 rings (SSSR count). The van der Waals surface area contributed by atoms with Crippen LogP contribution in [0.25, 0.3) is 11.1 Å². The van der Waals surface area contributed by atoms with Crippen LogP contribution in [0.5, 0.6) is 5.75 Å². The highest BCUT2D eigenvalue weighted by Crippen LogP contribution is 2.30. The molecule has 3 aromatic carbocycles. The molecular formula is C25H24FNO4. The summed E-state index contributed by atoms with van der Waals surface area (Å²) in [4.78, 5) is 23.5. The van der Waals surface area contributed by atoms with Crippen LogP contribution in [0.4, 0.5) is 14.9 Å². The number of rotatable bonds is 6. The van der Waals surface area contributed by atoms with Gasteiger partial charge in [0.25, 0.3) is 0 Å². The van der Waals surface area contributed by atoms with Gasteiger partial charge in [0.1, 0.15) is 12.2 Å². The molecule has 1 N–H and O–H groups in total. The topological polar surface area (TPSA) is 64.6 Å². The van der Waals surface area contributed by atoms with Gasteiger partial charge < -0.3 is 9.47 Å². The van der Waals surface area contributed by atoms with Crippen LogP contribution in [0.3, 0.4) is 0 Å². The van der Waals surface area contributed by atoms with Crippen molar-refractivity contribution < 1.29 is 23.5 Å². The highest BCUT2D eigenvalue weighted by Gasteiger charge is 2.17. The van der Waals surface area contributed by atoms with Crippen LogP contribution in [0.1, 0.15) is 36.7 Å². The lowest BCUT2D eigenvalue weighted by Crippen LogP contribution is -2.27. The molecule has 0 fully saturated rings. The zero-order valence-electron chi connectivity index (χ0n) is 17.6. The van der Waals surface area contributed by atoms with Crippen LogP contribution in [-0.2, 0) is 11.3 Å². The van der Waals surface area contributed by atoms with Gasteiger partial charge in [-0.1, -0.05) is 42.5 Å². The molecule has 0 aliphatic rings. The molecule has 1 amide bonds. The van der Waals surface area contributed by atoms with E-state index in [1.165, 1.54) is 6.07 Å². The number of carbonyl (C=O) groups is 2. The number of nitrogens with one attached hydrogen (secondary N) is 1. The predicted molar refractivity (Wildman–Crippen MR) is 118 cm³/mol. The maximum Gasteiger partial charge on any atom is 0.412 e. The molecule has 0 spiro atoms. The SMILES string of the molecule is CC(C)(C)OC(=O)Nc1cccc(COc2ccc(-c3ccccc3)c(C=O)c2F)c1. The summed E-state index contributed by atoms with van der Waals surface area (Å²) in [6, 6.07) is 19.3. The van der Waals surface area contributed by atoms with Gasteiger partial charge in [0.2, 0.25) is 0 Å². The third-order valence-electron chi connectivity index (χ3n) is 4.31. The van der Waals surface area contributed by atoms with E-state index in [9.17, 15) is 14.0 Å². The summed E-state index contributed by atoms with van der Waals surface area (Å²) in [5.74, 6) is -0.730. The van der Waals surface area contributed by atoms with Crippen molar-refractivity contribution in [1.29, 1.82) is 0 Å². The van der Waals surface area contributed by atoms with E-state index in [4.69, 9.17) is 9.47 Å². The maximum atomic E-state index is 14.9. The van der Waals surface area contributed by atoms with Gasteiger partial charge in [-0.15, -0.1) is 0 Å². The van der Waals surface area contributed by atoms with Crippen molar-refractivity contribution in [3.8, 4) is 16.9 Å². The van der Waals surface area contributed by atoms with Crippen molar-refractivity contribution >= 4 is 18.1 Å². The average molecular weight is 421 g/mol. The second-order valence-corrected chi connectivity index (χ2v) is 7.94. The summed E-state index contributed by atoms with van der Waals surface area (Å²) in [6.07, 6.45) is -0.0700. The van der Waals surface area contributed by atoms with E-state index in [2.05, 4.69) is 5.32 Å². The fourth-order valence-corrected chi connectivity index (χ4v) is 2.99. The van der Waals surface area contributed by atoms with Gasteiger partial charge in [0.05, 0.1) is 5.56 Å². The Labute approximate surface area is 180 Å². The molecule has 0 bridgehead atoms. The summed E-state index contributed by atoms with van der Waals surface area (Å²) < 4.78 is 25.8. The van der Waals surface area contributed by atoms with Gasteiger partial charge in [0, 0.05) is 5.69 Å². The Hall–Kier alpha value is -3.67. The average Bonchev–Trinajstić information content (AvgIpc) is 2.72. The van der Waals surface area contributed by atoms with Crippen molar-refractivity contribution in [2.75, 3.05) is 5.32 Å². The molecule has 31 heavy (non-hydrogen) atoms. The first-order valence-corrected chi connectivity index (χ1v) is 9.81. The first-order valence-electron chi connectivity index (χ1n) is 9.81. The zero-order chi connectivity index (χ0) is 22.4. The Morgan fingerprint density at radius 1 is 1.03 bits per heavy atom. The molecule has 6 heteroatoms. The maximum absolute atomic E-state index is 14.9. The molecule has 0 saturated heterocycles. The summed E-state index contributed by atoms with van der Waals surface area (Å²) in [6.45, 7) is 5.40. The van der Waals surface area contributed by atoms with Gasteiger partial charge in [0.15, 0.2) is 17.9 Å². The Bertz CT molecular complexity index is 1070. The molecule has 3 aromatic rings. The van der Waals surface area contributed by atoms with Crippen LogP contribution in [0.15, 0.2) is 66.7 Å². The lowest BCUT2D eigenvalue weighted by Gasteiger charge is -2.19. The van der Waals surface area contributed by atoms with Gasteiger partial charge in [-0.25, -0.2) is 9.18 Å². The first-order chi connectivity index (χ1) is 14.8. The van der Waals surface area contributed by atoms with E-state index < -0.39 is 17.5 Å². The first kappa shape index (κ1) is 22.0. The molecule has 160 valence electrons. The summed E-state index contributed by atoms with van der Waals surface area (Å²) >= 11 is 0. The standard InChI is InChI=1S/C25H24FNO4/c1-25(2,3)31-24(29)27-19-11-7-8-17(14-19)16-30-22-13-12-20(21(15-28)23(22)26)18-9-5-4-6-10-18/h4-15H,16H2,1-3H3,(H,27,29). The van der Waals surface area contributed by atoms with E-state index >= 15 is 0 Å². The molecular weight excluding hydrogens is 397 g/mol. The molecule has 5 nitrogen and oxygen atoms in total. The Morgan fingerprint density at radius 3 is 2.45 bits per heavy atom. The second-order valence-electron chi connectivity index (χ2n) is 7.94. The third-order valence-corrected chi connectivity index (χ3v) is 4.31. The molecule has 0 radical (unpaired) electrons. The molecule has 0 unspecified atom stereocenters. The molecule has 0 heterocycles. The monoisotopic (exact) mass is 421 g/mol. The largest absolute Gasteiger partial charge is 0.486 e. The van der Waals surface area contributed by atoms with Crippen LogP contribution in [0, 0.1) is 5.82 Å². The van der Waals surface area contributed by atoms with E-state index in [-0.39, 0.29) is 17.9 Å². The van der Waals surface area contributed by atoms with Crippen molar-refractivity contribution in [3.63, 3.8) is 0 Å².